The number of rotatable bonds is 8. The molecular weight excluding hydrogens is 505 g/mol. The zero-order valence-electron chi connectivity index (χ0n) is 19.4. The molecule has 0 saturated heterocycles. The number of benzene rings is 2. The van der Waals surface area contributed by atoms with Gasteiger partial charge in [0, 0.05) is 12.6 Å². The lowest BCUT2D eigenvalue weighted by Crippen LogP contribution is -2.47. The number of nitrogens with zero attached hydrogens (tertiary/aromatic N) is 2. The summed E-state index contributed by atoms with van der Waals surface area (Å²) in [7, 11) is 1.58. The average Bonchev–Trinajstić information content (AvgIpc) is 3.22. The van der Waals surface area contributed by atoms with Crippen molar-refractivity contribution in [3.63, 3.8) is 0 Å². The largest absolute Gasteiger partial charge is 0.497 e. The van der Waals surface area contributed by atoms with Gasteiger partial charge in [0.25, 0.3) is 5.91 Å². The number of halogens is 2. The van der Waals surface area contributed by atoms with E-state index in [4.69, 9.17) is 27.9 Å². The molecule has 35 heavy (non-hydrogen) atoms. The van der Waals surface area contributed by atoms with Crippen LogP contribution >= 0.6 is 34.7 Å². The second-order valence-electron chi connectivity index (χ2n) is 8.56. The van der Waals surface area contributed by atoms with E-state index < -0.39 is 11.9 Å². The number of amides is 2. The van der Waals surface area contributed by atoms with Crippen LogP contribution in [0.5, 0.6) is 5.75 Å². The van der Waals surface area contributed by atoms with E-state index in [0.29, 0.717) is 11.3 Å². The maximum atomic E-state index is 13.8. The molecule has 0 spiro atoms. The Morgan fingerprint density at radius 3 is 2.37 bits per heavy atom. The Balaban J connectivity index is 1.75. The maximum Gasteiger partial charge on any atom is 0.276 e. The van der Waals surface area contributed by atoms with E-state index in [9.17, 15) is 9.59 Å². The van der Waals surface area contributed by atoms with E-state index in [2.05, 4.69) is 9.69 Å². The van der Waals surface area contributed by atoms with Crippen molar-refractivity contribution in [2.45, 2.75) is 50.7 Å². The van der Waals surface area contributed by atoms with Gasteiger partial charge < -0.3 is 15.0 Å². The molecule has 1 aliphatic carbocycles. The van der Waals surface area contributed by atoms with Crippen molar-refractivity contribution >= 4 is 46.5 Å². The Bertz CT molecular complexity index is 1150. The Labute approximate surface area is 219 Å². The van der Waals surface area contributed by atoms with Crippen LogP contribution in [0, 0.1) is 0 Å². The van der Waals surface area contributed by atoms with Crippen LogP contribution < -0.4 is 10.1 Å². The summed E-state index contributed by atoms with van der Waals surface area (Å²) in [5.41, 5.74) is 1.59. The third-order valence-corrected chi connectivity index (χ3v) is 7.81. The van der Waals surface area contributed by atoms with E-state index in [1.165, 1.54) is 11.3 Å². The Kier molecular flexibility index (Phi) is 8.65. The minimum Gasteiger partial charge on any atom is -0.497 e. The normalized spacial score (nSPS) is 14.8. The number of carbonyl (C=O) groups is 2. The second-order valence-corrected chi connectivity index (χ2v) is 10.3. The standard InChI is InChI=1S/C26H27Cl2N3O3S/c1-34-20-14-12-18(13-15-20)23(25(32)29-19-10-6-3-7-11-19)31(16-17-8-4-2-5-9-17)26(33)22-21(27)24(28)35-30-22/h2,4-5,8-9,12-15,19,23H,3,6-7,10-11,16H2,1H3,(H,29,32)/t23-/m0/s1. The third-order valence-electron chi connectivity index (χ3n) is 6.20. The van der Waals surface area contributed by atoms with Crippen LogP contribution in [-0.4, -0.2) is 34.2 Å². The molecule has 1 fully saturated rings. The van der Waals surface area contributed by atoms with Crippen LogP contribution in [0.2, 0.25) is 9.36 Å². The van der Waals surface area contributed by atoms with Gasteiger partial charge in [0.05, 0.1) is 7.11 Å². The summed E-state index contributed by atoms with van der Waals surface area (Å²) in [4.78, 5) is 29.2. The molecule has 1 aliphatic rings. The smallest absolute Gasteiger partial charge is 0.276 e. The molecule has 2 aromatic carbocycles. The third kappa shape index (κ3) is 6.15. The van der Waals surface area contributed by atoms with Crippen LogP contribution in [0.3, 0.4) is 0 Å². The molecule has 4 rings (SSSR count). The van der Waals surface area contributed by atoms with Crippen molar-refractivity contribution in [1.82, 2.24) is 14.6 Å². The second kappa shape index (κ2) is 11.9. The lowest BCUT2D eigenvalue weighted by atomic mass is 9.94. The van der Waals surface area contributed by atoms with Gasteiger partial charge >= 0.3 is 0 Å². The lowest BCUT2D eigenvalue weighted by Gasteiger charge is -2.33. The number of nitrogens with one attached hydrogen (secondary N) is 1. The van der Waals surface area contributed by atoms with Gasteiger partial charge in [-0.15, -0.1) is 0 Å². The van der Waals surface area contributed by atoms with Crippen molar-refractivity contribution in [2.75, 3.05) is 7.11 Å². The monoisotopic (exact) mass is 531 g/mol. The number of carbonyl (C=O) groups excluding carboxylic acids is 2. The molecule has 1 N–H and O–H groups in total. The molecule has 0 radical (unpaired) electrons. The first-order chi connectivity index (χ1) is 17.0. The summed E-state index contributed by atoms with van der Waals surface area (Å²) in [6.07, 6.45) is 5.20. The van der Waals surface area contributed by atoms with Crippen molar-refractivity contribution in [3.05, 3.63) is 80.8 Å². The number of aromatic nitrogens is 1. The summed E-state index contributed by atoms with van der Waals surface area (Å²) < 4.78 is 9.73. The molecule has 184 valence electrons. The molecule has 0 unspecified atom stereocenters. The summed E-state index contributed by atoms with van der Waals surface area (Å²) in [6, 6.07) is 15.9. The van der Waals surface area contributed by atoms with Gasteiger partial charge in [-0.2, -0.15) is 4.37 Å². The minimum absolute atomic E-state index is 0.0431. The Morgan fingerprint density at radius 2 is 1.77 bits per heavy atom. The van der Waals surface area contributed by atoms with Crippen LogP contribution in [0.4, 0.5) is 0 Å². The van der Waals surface area contributed by atoms with Gasteiger partial charge in [-0.3, -0.25) is 9.59 Å². The van der Waals surface area contributed by atoms with Crippen LogP contribution in [-0.2, 0) is 11.3 Å². The fourth-order valence-electron chi connectivity index (χ4n) is 4.37. The van der Waals surface area contributed by atoms with E-state index in [1.807, 2.05) is 42.5 Å². The van der Waals surface area contributed by atoms with Crippen molar-refractivity contribution in [3.8, 4) is 5.75 Å². The van der Waals surface area contributed by atoms with Gasteiger partial charge in [-0.25, -0.2) is 0 Å². The van der Waals surface area contributed by atoms with Gasteiger partial charge in [-0.1, -0.05) is 84.9 Å². The van der Waals surface area contributed by atoms with Gasteiger partial charge in [0.2, 0.25) is 5.91 Å². The first-order valence-electron chi connectivity index (χ1n) is 11.6. The topological polar surface area (TPSA) is 71.5 Å². The van der Waals surface area contributed by atoms with Gasteiger partial charge in [0.15, 0.2) is 5.69 Å². The molecule has 2 amide bonds. The summed E-state index contributed by atoms with van der Waals surface area (Å²) in [5.74, 6) is -0.0270. The summed E-state index contributed by atoms with van der Waals surface area (Å²) in [5, 5.41) is 3.30. The fraction of sp³-hybridized carbons (Fsp3) is 0.346. The highest BCUT2D eigenvalue weighted by Crippen LogP contribution is 2.34. The van der Waals surface area contributed by atoms with Gasteiger partial charge in [0.1, 0.15) is 21.2 Å². The first kappa shape index (κ1) is 25.5. The van der Waals surface area contributed by atoms with E-state index in [1.54, 1.807) is 19.2 Å². The van der Waals surface area contributed by atoms with E-state index in [0.717, 1.165) is 42.8 Å². The van der Waals surface area contributed by atoms with Crippen LogP contribution in [0.15, 0.2) is 54.6 Å². The molecule has 0 bridgehead atoms. The summed E-state index contributed by atoms with van der Waals surface area (Å²) >= 11 is 13.4. The summed E-state index contributed by atoms with van der Waals surface area (Å²) in [6.45, 7) is 0.194. The quantitative estimate of drug-likeness (QED) is 0.370. The molecule has 3 aromatic rings. The zero-order chi connectivity index (χ0) is 24.8. The van der Waals surface area contributed by atoms with Crippen LogP contribution in [0.1, 0.15) is 59.8 Å². The van der Waals surface area contributed by atoms with Crippen molar-refractivity contribution in [1.29, 1.82) is 0 Å². The average molecular weight is 532 g/mol. The van der Waals surface area contributed by atoms with Gasteiger partial charge in [-0.05, 0) is 47.6 Å². The molecule has 0 aliphatic heterocycles. The molecule has 1 aromatic heterocycles. The van der Waals surface area contributed by atoms with Crippen molar-refractivity contribution in [2.24, 2.45) is 0 Å². The van der Waals surface area contributed by atoms with Crippen LogP contribution in [0.25, 0.3) is 0 Å². The fourth-order valence-corrected chi connectivity index (χ4v) is 5.36. The zero-order valence-corrected chi connectivity index (χ0v) is 21.7. The number of hydrogen-bond acceptors (Lipinski definition) is 5. The number of ether oxygens (including phenoxy) is 1. The first-order valence-corrected chi connectivity index (χ1v) is 13.1. The minimum atomic E-state index is -0.896. The number of hydrogen-bond donors (Lipinski definition) is 1. The molecule has 1 atom stereocenters. The molecular formula is C26H27Cl2N3O3S. The highest BCUT2D eigenvalue weighted by molar-refractivity contribution is 7.11. The molecule has 1 heterocycles. The lowest BCUT2D eigenvalue weighted by molar-refractivity contribution is -0.127. The van der Waals surface area contributed by atoms with Crippen molar-refractivity contribution < 1.29 is 14.3 Å². The SMILES string of the molecule is COc1ccc([C@@H](C(=O)NC2CCCCC2)N(Cc2ccccc2)C(=O)c2nsc(Cl)c2Cl)cc1. The molecule has 9 heteroatoms. The highest BCUT2D eigenvalue weighted by Gasteiger charge is 2.35. The predicted molar refractivity (Wildman–Crippen MR) is 139 cm³/mol. The Morgan fingerprint density at radius 1 is 1.09 bits per heavy atom. The Hall–Kier alpha value is -2.61. The molecule has 1 saturated carbocycles. The number of methoxy groups -OCH3 is 1. The maximum absolute atomic E-state index is 13.8. The van der Waals surface area contributed by atoms with E-state index >= 15 is 0 Å². The van der Waals surface area contributed by atoms with E-state index in [-0.39, 0.29) is 33.5 Å². The molecule has 6 nitrogen and oxygen atoms in total. The predicted octanol–water partition coefficient (Wildman–Crippen LogP) is 6.29. The highest BCUT2D eigenvalue weighted by atomic mass is 35.5.